The van der Waals surface area contributed by atoms with Crippen LogP contribution in [0.5, 0.6) is 0 Å². The molecule has 0 spiro atoms. The second kappa shape index (κ2) is 8.73. The van der Waals surface area contributed by atoms with Gasteiger partial charge in [-0.15, -0.1) is 0 Å². The van der Waals surface area contributed by atoms with Crippen molar-refractivity contribution in [1.29, 1.82) is 0 Å². The molecule has 0 bridgehead atoms. The number of benzene rings is 1. The van der Waals surface area contributed by atoms with Crippen molar-refractivity contribution in [2.75, 3.05) is 13.6 Å². The molecule has 26 heavy (non-hydrogen) atoms. The molecule has 1 unspecified atom stereocenters. The van der Waals surface area contributed by atoms with E-state index in [4.69, 9.17) is 0 Å². The smallest absolute Gasteiger partial charge is 0.356 e. The minimum absolute atomic E-state index is 0.00114. The topological polar surface area (TPSA) is 54.2 Å². The Hall–Kier alpha value is -2.51. The van der Waals surface area contributed by atoms with E-state index in [1.807, 2.05) is 20.2 Å². The van der Waals surface area contributed by atoms with E-state index in [2.05, 4.69) is 20.7 Å². The van der Waals surface area contributed by atoms with Gasteiger partial charge in [-0.25, -0.2) is 0 Å². The van der Waals surface area contributed by atoms with Crippen LogP contribution in [-0.2, 0) is 19.8 Å². The Labute approximate surface area is 151 Å². The second-order valence-corrected chi connectivity index (χ2v) is 6.19. The van der Waals surface area contributed by atoms with Crippen LogP contribution in [0.25, 0.3) is 0 Å². The molecule has 0 aliphatic heterocycles. The summed E-state index contributed by atoms with van der Waals surface area (Å²) < 4.78 is 40.2. The molecule has 1 aromatic carbocycles. The van der Waals surface area contributed by atoms with Crippen molar-refractivity contribution >= 4 is 5.96 Å². The highest BCUT2D eigenvalue weighted by Crippen LogP contribution is 2.31. The molecule has 0 radical (unpaired) electrons. The van der Waals surface area contributed by atoms with Crippen LogP contribution in [0, 0.1) is 0 Å². The maximum atomic E-state index is 12.8. The van der Waals surface area contributed by atoms with Gasteiger partial charge in [0.05, 0.1) is 11.8 Å². The lowest BCUT2D eigenvalue weighted by Gasteiger charge is -2.16. The number of nitrogens with one attached hydrogen (secondary N) is 2. The van der Waals surface area contributed by atoms with Crippen LogP contribution in [0.2, 0.25) is 0 Å². The zero-order chi connectivity index (χ0) is 19.2. The number of alkyl halides is 3. The van der Waals surface area contributed by atoms with Crippen molar-refractivity contribution in [3.63, 3.8) is 0 Å². The summed E-state index contributed by atoms with van der Waals surface area (Å²) in [7, 11) is 3.53. The molecular weight excluding hydrogens is 343 g/mol. The lowest BCUT2D eigenvalue weighted by Crippen LogP contribution is -2.37. The molecule has 142 valence electrons. The first-order valence-electron chi connectivity index (χ1n) is 8.39. The molecule has 1 atom stereocenters. The molecule has 5 nitrogen and oxygen atoms in total. The van der Waals surface area contributed by atoms with Gasteiger partial charge in [0.1, 0.15) is 0 Å². The zero-order valence-electron chi connectivity index (χ0n) is 15.1. The van der Waals surface area contributed by atoms with Crippen LogP contribution in [-0.4, -0.2) is 29.3 Å². The van der Waals surface area contributed by atoms with E-state index in [0.717, 1.165) is 11.6 Å². The summed E-state index contributed by atoms with van der Waals surface area (Å²) in [4.78, 5) is 4.14. The summed E-state index contributed by atoms with van der Waals surface area (Å²) in [5.74, 6) is 0.645. The molecular formula is C18H24F3N5. The lowest BCUT2D eigenvalue weighted by molar-refractivity contribution is -0.137. The lowest BCUT2D eigenvalue weighted by atomic mass is 9.96. The van der Waals surface area contributed by atoms with Crippen molar-refractivity contribution in [3.05, 3.63) is 53.3 Å². The third-order valence-electron chi connectivity index (χ3n) is 4.09. The summed E-state index contributed by atoms with van der Waals surface area (Å²) in [5, 5.41) is 10.5. The van der Waals surface area contributed by atoms with Gasteiger partial charge in [-0.3, -0.25) is 9.67 Å². The van der Waals surface area contributed by atoms with Crippen LogP contribution in [0.3, 0.4) is 0 Å². The van der Waals surface area contributed by atoms with Crippen LogP contribution in [0.1, 0.15) is 36.0 Å². The third kappa shape index (κ3) is 5.79. The number of aliphatic imine (C=N–C) groups is 1. The Balaban J connectivity index is 1.82. The average molecular weight is 367 g/mol. The number of guanidine groups is 1. The molecule has 0 fully saturated rings. The van der Waals surface area contributed by atoms with Gasteiger partial charge >= 0.3 is 6.18 Å². The van der Waals surface area contributed by atoms with E-state index in [-0.39, 0.29) is 5.92 Å². The Bertz CT molecular complexity index is 736. The minimum atomic E-state index is -4.31. The van der Waals surface area contributed by atoms with E-state index < -0.39 is 11.7 Å². The molecule has 0 aliphatic rings. The first-order valence-corrected chi connectivity index (χ1v) is 8.39. The van der Waals surface area contributed by atoms with Gasteiger partial charge in [-0.2, -0.15) is 18.3 Å². The predicted octanol–water partition coefficient (Wildman–Crippen LogP) is 3.30. The number of hydrogen-bond acceptors (Lipinski definition) is 2. The van der Waals surface area contributed by atoms with Gasteiger partial charge in [-0.05, 0) is 24.0 Å². The summed E-state index contributed by atoms with van der Waals surface area (Å²) in [6.07, 6.45) is 0.0626. The predicted molar refractivity (Wildman–Crippen MR) is 95.9 cm³/mol. The van der Waals surface area contributed by atoms with Crippen LogP contribution >= 0.6 is 0 Å². The maximum absolute atomic E-state index is 12.8. The Morgan fingerprint density at radius 2 is 2.08 bits per heavy atom. The van der Waals surface area contributed by atoms with Gasteiger partial charge in [0.2, 0.25) is 0 Å². The van der Waals surface area contributed by atoms with Gasteiger partial charge < -0.3 is 10.6 Å². The molecule has 1 heterocycles. The van der Waals surface area contributed by atoms with Gasteiger partial charge in [-0.1, -0.05) is 25.1 Å². The molecule has 2 N–H and O–H groups in total. The highest BCUT2D eigenvalue weighted by Gasteiger charge is 2.30. The molecule has 0 amide bonds. The molecule has 2 rings (SSSR count). The van der Waals surface area contributed by atoms with Crippen molar-refractivity contribution in [2.45, 2.75) is 32.0 Å². The number of hydrogen-bond donors (Lipinski definition) is 2. The normalized spacial score (nSPS) is 13.5. The van der Waals surface area contributed by atoms with Gasteiger partial charge in [0.15, 0.2) is 5.96 Å². The fraction of sp³-hybridized carbons (Fsp3) is 0.444. The van der Waals surface area contributed by atoms with E-state index in [0.29, 0.717) is 31.0 Å². The number of aromatic nitrogens is 2. The molecule has 1 aromatic heterocycles. The van der Waals surface area contributed by atoms with Crippen LogP contribution in [0.15, 0.2) is 41.7 Å². The average Bonchev–Trinajstić information content (AvgIpc) is 3.02. The van der Waals surface area contributed by atoms with Crippen molar-refractivity contribution in [3.8, 4) is 0 Å². The zero-order valence-corrected chi connectivity index (χ0v) is 15.1. The van der Waals surface area contributed by atoms with E-state index >= 15 is 0 Å². The fourth-order valence-electron chi connectivity index (χ4n) is 2.56. The van der Waals surface area contributed by atoms with Crippen molar-refractivity contribution in [2.24, 2.45) is 12.0 Å². The Kier molecular flexibility index (Phi) is 6.65. The number of halogens is 3. The van der Waals surface area contributed by atoms with E-state index in [1.54, 1.807) is 24.0 Å². The molecule has 0 saturated carbocycles. The number of aryl methyl sites for hydroxylation is 1. The quantitative estimate of drug-likeness (QED) is 0.608. The SMILES string of the molecule is CN=C(NCCC(C)c1cccc(C(F)(F)F)c1)NCc1cnn(C)c1. The summed E-state index contributed by atoms with van der Waals surface area (Å²) in [6.45, 7) is 3.11. The molecule has 2 aromatic rings. The van der Waals surface area contributed by atoms with Gasteiger partial charge in [0, 0.05) is 38.9 Å². The third-order valence-corrected chi connectivity index (χ3v) is 4.09. The number of nitrogens with zero attached hydrogens (tertiary/aromatic N) is 3. The van der Waals surface area contributed by atoms with Gasteiger partial charge in [0.25, 0.3) is 0 Å². The molecule has 0 aliphatic carbocycles. The highest BCUT2D eigenvalue weighted by molar-refractivity contribution is 5.79. The largest absolute Gasteiger partial charge is 0.416 e. The monoisotopic (exact) mass is 367 g/mol. The van der Waals surface area contributed by atoms with Crippen LogP contribution in [0.4, 0.5) is 13.2 Å². The number of rotatable bonds is 6. The Morgan fingerprint density at radius 1 is 1.31 bits per heavy atom. The first-order chi connectivity index (χ1) is 12.3. The first kappa shape index (κ1) is 19.8. The maximum Gasteiger partial charge on any atom is 0.416 e. The summed E-state index contributed by atoms with van der Waals surface area (Å²) in [6, 6.07) is 5.50. The second-order valence-electron chi connectivity index (χ2n) is 6.19. The van der Waals surface area contributed by atoms with Crippen molar-refractivity contribution in [1.82, 2.24) is 20.4 Å². The summed E-state index contributed by atoms with van der Waals surface area (Å²) in [5.41, 5.74) is 1.11. The highest BCUT2D eigenvalue weighted by atomic mass is 19.4. The standard InChI is InChI=1S/C18H24F3N5/c1-13(15-5-4-6-16(9-15)18(19,20)21)7-8-23-17(22-2)24-10-14-11-25-26(3)12-14/h4-6,9,11-13H,7-8,10H2,1-3H3,(H2,22,23,24). The van der Waals surface area contributed by atoms with E-state index in [1.165, 1.54) is 12.1 Å². The minimum Gasteiger partial charge on any atom is -0.356 e. The van der Waals surface area contributed by atoms with Crippen molar-refractivity contribution < 1.29 is 13.2 Å². The fourth-order valence-corrected chi connectivity index (χ4v) is 2.56. The molecule has 8 heteroatoms. The molecule has 0 saturated heterocycles. The van der Waals surface area contributed by atoms with Crippen LogP contribution < -0.4 is 10.6 Å². The summed E-state index contributed by atoms with van der Waals surface area (Å²) >= 11 is 0. The Morgan fingerprint density at radius 3 is 2.69 bits per heavy atom. The van der Waals surface area contributed by atoms with E-state index in [9.17, 15) is 13.2 Å².